The summed E-state index contributed by atoms with van der Waals surface area (Å²) in [5.74, 6) is 0.795. The topological polar surface area (TPSA) is 23.5 Å². The molecule has 0 fully saturated rings. The molecule has 1 heterocycles. The predicted octanol–water partition coefficient (Wildman–Crippen LogP) is 2.62. The van der Waals surface area contributed by atoms with Crippen LogP contribution in [-0.4, -0.2) is 30.7 Å². The molecule has 1 rings (SSSR count). The molecule has 0 radical (unpaired) electrons. The number of thiophene rings is 1. The van der Waals surface area contributed by atoms with Gasteiger partial charge in [0, 0.05) is 23.4 Å². The minimum atomic E-state index is 0.248. The van der Waals surface area contributed by atoms with E-state index in [0.717, 1.165) is 0 Å². The Morgan fingerprint density at radius 2 is 2.07 bits per heavy atom. The second-order valence-electron chi connectivity index (χ2n) is 4.51. The number of nitrogens with zero attached hydrogens (tertiary/aromatic N) is 1. The summed E-state index contributed by atoms with van der Waals surface area (Å²) in [5.41, 5.74) is 0. The maximum Gasteiger partial charge on any atom is 0.0488 e. The van der Waals surface area contributed by atoms with E-state index in [1.54, 1.807) is 11.3 Å². The minimum Gasteiger partial charge on any atom is -0.396 e. The van der Waals surface area contributed by atoms with Gasteiger partial charge in [-0.1, -0.05) is 19.9 Å². The highest BCUT2D eigenvalue weighted by molar-refractivity contribution is 7.10. The molecule has 1 aromatic rings. The Morgan fingerprint density at radius 1 is 1.40 bits per heavy atom. The van der Waals surface area contributed by atoms with Gasteiger partial charge >= 0.3 is 0 Å². The molecule has 0 amide bonds. The number of hydrogen-bond donors (Lipinski definition) is 1. The van der Waals surface area contributed by atoms with Crippen molar-refractivity contribution in [2.45, 2.75) is 19.9 Å². The molecule has 0 aliphatic carbocycles. The van der Waals surface area contributed by atoms with Crippen LogP contribution in [0.15, 0.2) is 17.5 Å². The van der Waals surface area contributed by atoms with Gasteiger partial charge in [-0.05, 0) is 31.5 Å². The van der Waals surface area contributed by atoms with E-state index in [-0.39, 0.29) is 6.61 Å². The Balaban J connectivity index is 2.91. The molecule has 2 unspecified atom stereocenters. The molecule has 0 saturated heterocycles. The zero-order valence-electron chi connectivity index (χ0n) is 9.97. The maximum absolute atomic E-state index is 9.49. The first-order valence-corrected chi connectivity index (χ1v) is 6.26. The van der Waals surface area contributed by atoms with Gasteiger partial charge in [0.25, 0.3) is 0 Å². The second kappa shape index (κ2) is 5.64. The van der Waals surface area contributed by atoms with E-state index in [4.69, 9.17) is 0 Å². The van der Waals surface area contributed by atoms with E-state index < -0.39 is 0 Å². The van der Waals surface area contributed by atoms with Crippen LogP contribution < -0.4 is 0 Å². The molecular formula is C12H21NOS. The van der Waals surface area contributed by atoms with Crippen molar-refractivity contribution in [3.05, 3.63) is 22.4 Å². The summed E-state index contributed by atoms with van der Waals surface area (Å²) in [6.45, 7) is 4.59. The summed E-state index contributed by atoms with van der Waals surface area (Å²) in [6, 6.07) is 4.56. The van der Waals surface area contributed by atoms with Crippen LogP contribution in [0.5, 0.6) is 0 Å². The lowest BCUT2D eigenvalue weighted by Gasteiger charge is -2.33. The van der Waals surface area contributed by atoms with Gasteiger partial charge in [-0.2, -0.15) is 0 Å². The van der Waals surface area contributed by atoms with Crippen LogP contribution in [-0.2, 0) is 0 Å². The van der Waals surface area contributed by atoms with Crippen molar-refractivity contribution < 1.29 is 5.11 Å². The molecule has 0 bridgehead atoms. The number of rotatable bonds is 5. The van der Waals surface area contributed by atoms with Gasteiger partial charge in [0.05, 0.1) is 0 Å². The third-order valence-corrected chi connectivity index (χ3v) is 3.81. The van der Waals surface area contributed by atoms with Crippen LogP contribution in [0.2, 0.25) is 0 Å². The molecule has 2 atom stereocenters. The standard InChI is InChI=1S/C12H21NOS/c1-9(2)10(8-14)12(13(3)4)11-6-5-7-15-11/h5-7,9-10,12,14H,8H2,1-4H3. The highest BCUT2D eigenvalue weighted by atomic mass is 32.1. The molecule has 86 valence electrons. The van der Waals surface area contributed by atoms with Gasteiger partial charge in [0.15, 0.2) is 0 Å². The zero-order chi connectivity index (χ0) is 11.4. The number of aliphatic hydroxyl groups excluding tert-OH is 1. The Labute approximate surface area is 96.5 Å². The van der Waals surface area contributed by atoms with Gasteiger partial charge in [0.1, 0.15) is 0 Å². The van der Waals surface area contributed by atoms with Crippen molar-refractivity contribution in [3.8, 4) is 0 Å². The van der Waals surface area contributed by atoms with Crippen LogP contribution in [0.1, 0.15) is 24.8 Å². The third kappa shape index (κ3) is 3.03. The van der Waals surface area contributed by atoms with E-state index in [1.807, 2.05) is 0 Å². The molecule has 3 heteroatoms. The fourth-order valence-electron chi connectivity index (χ4n) is 1.98. The molecule has 15 heavy (non-hydrogen) atoms. The fourth-order valence-corrected chi connectivity index (χ4v) is 2.98. The SMILES string of the molecule is CC(C)C(CO)C(c1cccs1)N(C)C. The van der Waals surface area contributed by atoms with E-state index in [9.17, 15) is 5.11 Å². The third-order valence-electron chi connectivity index (χ3n) is 2.86. The molecule has 0 aliphatic heterocycles. The second-order valence-corrected chi connectivity index (χ2v) is 5.49. The molecule has 1 aromatic heterocycles. The van der Waals surface area contributed by atoms with Crippen molar-refractivity contribution in [1.82, 2.24) is 4.90 Å². The molecule has 0 aliphatic rings. The van der Waals surface area contributed by atoms with E-state index in [0.29, 0.717) is 17.9 Å². The minimum absolute atomic E-state index is 0.248. The van der Waals surface area contributed by atoms with E-state index in [2.05, 4.69) is 50.4 Å². The van der Waals surface area contributed by atoms with Crippen LogP contribution in [0.3, 0.4) is 0 Å². The van der Waals surface area contributed by atoms with E-state index >= 15 is 0 Å². The average molecular weight is 227 g/mol. The van der Waals surface area contributed by atoms with Crippen molar-refractivity contribution >= 4 is 11.3 Å². The Kier molecular flexibility index (Phi) is 4.77. The predicted molar refractivity (Wildman–Crippen MR) is 66.2 cm³/mol. The first-order chi connectivity index (χ1) is 7.07. The highest BCUT2D eigenvalue weighted by Gasteiger charge is 2.27. The summed E-state index contributed by atoms with van der Waals surface area (Å²) >= 11 is 1.77. The number of hydrogen-bond acceptors (Lipinski definition) is 3. The van der Waals surface area contributed by atoms with Gasteiger partial charge in [-0.15, -0.1) is 11.3 Å². The van der Waals surface area contributed by atoms with Crippen molar-refractivity contribution in [2.75, 3.05) is 20.7 Å². The summed E-state index contributed by atoms with van der Waals surface area (Å²) in [4.78, 5) is 3.54. The summed E-state index contributed by atoms with van der Waals surface area (Å²) in [6.07, 6.45) is 0. The lowest BCUT2D eigenvalue weighted by atomic mass is 9.87. The molecule has 0 spiro atoms. The number of aliphatic hydroxyl groups is 1. The lowest BCUT2D eigenvalue weighted by Crippen LogP contribution is -2.32. The molecule has 0 aromatic carbocycles. The van der Waals surface area contributed by atoms with Crippen LogP contribution in [0, 0.1) is 11.8 Å². The lowest BCUT2D eigenvalue weighted by molar-refractivity contribution is 0.102. The highest BCUT2D eigenvalue weighted by Crippen LogP contribution is 2.34. The normalized spacial score (nSPS) is 15.9. The Hall–Kier alpha value is -0.380. The summed E-state index contributed by atoms with van der Waals surface area (Å²) in [5, 5.41) is 11.6. The summed E-state index contributed by atoms with van der Waals surface area (Å²) in [7, 11) is 4.16. The van der Waals surface area contributed by atoms with Gasteiger partial charge in [-0.3, -0.25) is 0 Å². The molecule has 0 saturated carbocycles. The average Bonchev–Trinajstić information content (AvgIpc) is 2.64. The molecule has 1 N–H and O–H groups in total. The Morgan fingerprint density at radius 3 is 2.40 bits per heavy atom. The van der Waals surface area contributed by atoms with Crippen molar-refractivity contribution in [3.63, 3.8) is 0 Å². The van der Waals surface area contributed by atoms with Crippen LogP contribution in [0.4, 0.5) is 0 Å². The zero-order valence-corrected chi connectivity index (χ0v) is 10.8. The largest absolute Gasteiger partial charge is 0.396 e. The van der Waals surface area contributed by atoms with Crippen molar-refractivity contribution in [2.24, 2.45) is 11.8 Å². The van der Waals surface area contributed by atoms with Crippen molar-refractivity contribution in [1.29, 1.82) is 0 Å². The first kappa shape index (κ1) is 12.7. The quantitative estimate of drug-likeness (QED) is 0.836. The fraction of sp³-hybridized carbons (Fsp3) is 0.667. The van der Waals surface area contributed by atoms with Crippen LogP contribution >= 0.6 is 11.3 Å². The van der Waals surface area contributed by atoms with Gasteiger partial charge < -0.3 is 10.0 Å². The smallest absolute Gasteiger partial charge is 0.0488 e. The maximum atomic E-state index is 9.49. The molecule has 2 nitrogen and oxygen atoms in total. The van der Waals surface area contributed by atoms with Gasteiger partial charge in [-0.25, -0.2) is 0 Å². The van der Waals surface area contributed by atoms with Gasteiger partial charge in [0.2, 0.25) is 0 Å². The monoisotopic (exact) mass is 227 g/mol. The van der Waals surface area contributed by atoms with Crippen LogP contribution in [0.25, 0.3) is 0 Å². The van der Waals surface area contributed by atoms with E-state index in [1.165, 1.54) is 4.88 Å². The Bertz CT molecular complexity index is 269. The summed E-state index contributed by atoms with van der Waals surface area (Å²) < 4.78 is 0. The first-order valence-electron chi connectivity index (χ1n) is 5.38. The molecular weight excluding hydrogens is 206 g/mol.